The molecule has 20 heavy (non-hydrogen) atoms. The number of aryl methyl sites for hydroxylation is 1. The number of pyridine rings is 1. The van der Waals surface area contributed by atoms with Gasteiger partial charge in [0.25, 0.3) is 0 Å². The summed E-state index contributed by atoms with van der Waals surface area (Å²) in [5.74, 6) is 2.39. The van der Waals surface area contributed by atoms with Gasteiger partial charge in [0.05, 0.1) is 11.6 Å². The zero-order valence-electron chi connectivity index (χ0n) is 11.1. The van der Waals surface area contributed by atoms with Gasteiger partial charge in [-0.3, -0.25) is 9.38 Å². The van der Waals surface area contributed by atoms with E-state index in [2.05, 4.69) is 29.5 Å². The zero-order valence-corrected chi connectivity index (χ0v) is 11.1. The van der Waals surface area contributed by atoms with Crippen LogP contribution in [0.15, 0.2) is 36.8 Å². The van der Waals surface area contributed by atoms with Gasteiger partial charge in [-0.25, -0.2) is 4.98 Å². The summed E-state index contributed by atoms with van der Waals surface area (Å²) in [5, 5.41) is 8.52. The van der Waals surface area contributed by atoms with Crippen molar-refractivity contribution in [3.63, 3.8) is 0 Å². The van der Waals surface area contributed by atoms with Crippen LogP contribution >= 0.6 is 0 Å². The van der Waals surface area contributed by atoms with Crippen molar-refractivity contribution < 1.29 is 0 Å². The van der Waals surface area contributed by atoms with Gasteiger partial charge in [0.15, 0.2) is 5.65 Å². The van der Waals surface area contributed by atoms with Crippen LogP contribution in [0.2, 0.25) is 0 Å². The molecule has 1 aliphatic rings. The quantitative estimate of drug-likeness (QED) is 0.702. The Morgan fingerprint density at radius 3 is 2.80 bits per heavy atom. The first-order valence-electron chi connectivity index (χ1n) is 6.65. The van der Waals surface area contributed by atoms with Gasteiger partial charge in [-0.2, -0.15) is 0 Å². The molecule has 0 atom stereocenters. The van der Waals surface area contributed by atoms with Crippen molar-refractivity contribution in [2.75, 3.05) is 18.0 Å². The summed E-state index contributed by atoms with van der Waals surface area (Å²) in [7, 11) is 0. The number of nitrogens with zero attached hydrogens (tertiary/aromatic N) is 6. The summed E-state index contributed by atoms with van der Waals surface area (Å²) in [6.45, 7) is 3.81. The number of hydrogen-bond donors (Lipinski definition) is 0. The highest BCUT2D eigenvalue weighted by atomic mass is 15.3. The van der Waals surface area contributed by atoms with Gasteiger partial charge < -0.3 is 4.90 Å². The lowest BCUT2D eigenvalue weighted by atomic mass is 9.99. The van der Waals surface area contributed by atoms with Crippen molar-refractivity contribution in [2.45, 2.75) is 12.8 Å². The normalized spacial score (nSPS) is 15.6. The molecule has 3 aromatic rings. The van der Waals surface area contributed by atoms with Gasteiger partial charge in [0.1, 0.15) is 11.6 Å². The van der Waals surface area contributed by atoms with E-state index >= 15 is 0 Å². The minimum atomic E-state index is 0.397. The number of rotatable bonds is 2. The third-order valence-electron chi connectivity index (χ3n) is 3.74. The molecule has 1 fully saturated rings. The van der Waals surface area contributed by atoms with E-state index in [4.69, 9.17) is 0 Å². The summed E-state index contributed by atoms with van der Waals surface area (Å²) in [6.07, 6.45) is 5.48. The smallest absolute Gasteiger partial charge is 0.160 e. The summed E-state index contributed by atoms with van der Waals surface area (Å²) >= 11 is 0. The van der Waals surface area contributed by atoms with Crippen LogP contribution in [0.5, 0.6) is 0 Å². The van der Waals surface area contributed by atoms with E-state index in [0.29, 0.717) is 5.92 Å². The van der Waals surface area contributed by atoms with E-state index in [1.165, 1.54) is 0 Å². The fourth-order valence-corrected chi connectivity index (χ4v) is 2.66. The molecule has 4 rings (SSSR count). The van der Waals surface area contributed by atoms with Gasteiger partial charge in [0, 0.05) is 31.7 Å². The standard InChI is InChI=1S/C14H14N6/c1-10-13(16-6-5-15-10)19-8-11(9-19)14-18-17-12-4-2-3-7-20(12)14/h2-7,11H,8-9H2,1H3. The van der Waals surface area contributed by atoms with Crippen LogP contribution in [0.1, 0.15) is 17.4 Å². The molecule has 6 nitrogen and oxygen atoms in total. The second kappa shape index (κ2) is 4.26. The highest BCUT2D eigenvalue weighted by molar-refractivity contribution is 5.47. The van der Waals surface area contributed by atoms with E-state index < -0.39 is 0 Å². The SMILES string of the molecule is Cc1nccnc1N1CC(c2nnc3ccccn23)C1. The first-order valence-corrected chi connectivity index (χ1v) is 6.65. The maximum Gasteiger partial charge on any atom is 0.160 e. The van der Waals surface area contributed by atoms with Gasteiger partial charge in [-0.1, -0.05) is 6.07 Å². The average molecular weight is 266 g/mol. The highest BCUT2D eigenvalue weighted by Gasteiger charge is 2.33. The molecular formula is C14H14N6. The van der Waals surface area contributed by atoms with Crippen LogP contribution in [0, 0.1) is 6.92 Å². The fraction of sp³-hybridized carbons (Fsp3) is 0.286. The highest BCUT2D eigenvalue weighted by Crippen LogP contribution is 2.30. The summed E-state index contributed by atoms with van der Waals surface area (Å²) in [5.41, 5.74) is 1.87. The van der Waals surface area contributed by atoms with E-state index in [0.717, 1.165) is 36.1 Å². The molecule has 0 unspecified atom stereocenters. The second-order valence-corrected chi connectivity index (χ2v) is 5.05. The maximum absolute atomic E-state index is 4.40. The zero-order chi connectivity index (χ0) is 13.5. The van der Waals surface area contributed by atoms with Crippen molar-refractivity contribution in [1.29, 1.82) is 0 Å². The van der Waals surface area contributed by atoms with Crippen LogP contribution in [-0.2, 0) is 0 Å². The third kappa shape index (κ3) is 1.65. The minimum Gasteiger partial charge on any atom is -0.354 e. The Hall–Kier alpha value is -2.50. The number of hydrogen-bond acceptors (Lipinski definition) is 5. The van der Waals surface area contributed by atoms with Crippen molar-refractivity contribution in [3.05, 3.63) is 48.3 Å². The Kier molecular flexibility index (Phi) is 2.42. The van der Waals surface area contributed by atoms with E-state index in [1.807, 2.05) is 31.3 Å². The van der Waals surface area contributed by atoms with Crippen molar-refractivity contribution in [3.8, 4) is 0 Å². The molecule has 0 spiro atoms. The Labute approximate surface area is 116 Å². The van der Waals surface area contributed by atoms with Crippen molar-refractivity contribution in [1.82, 2.24) is 24.6 Å². The summed E-state index contributed by atoms with van der Waals surface area (Å²) < 4.78 is 2.06. The molecule has 0 aliphatic carbocycles. The summed E-state index contributed by atoms with van der Waals surface area (Å²) in [6, 6.07) is 5.95. The first kappa shape index (κ1) is 11.3. The van der Waals surface area contributed by atoms with Gasteiger partial charge in [-0.05, 0) is 19.1 Å². The molecule has 0 N–H and O–H groups in total. The Morgan fingerprint density at radius 2 is 1.95 bits per heavy atom. The largest absolute Gasteiger partial charge is 0.354 e. The molecule has 0 bridgehead atoms. The Bertz CT molecular complexity index is 759. The molecule has 0 aromatic carbocycles. The predicted octanol–water partition coefficient (Wildman–Crippen LogP) is 1.43. The van der Waals surface area contributed by atoms with E-state index in [-0.39, 0.29) is 0 Å². The predicted molar refractivity (Wildman–Crippen MR) is 74.7 cm³/mol. The lowest BCUT2D eigenvalue weighted by Gasteiger charge is -2.39. The molecule has 6 heteroatoms. The van der Waals surface area contributed by atoms with Gasteiger partial charge in [0.2, 0.25) is 0 Å². The Balaban J connectivity index is 1.58. The monoisotopic (exact) mass is 266 g/mol. The lowest BCUT2D eigenvalue weighted by Crippen LogP contribution is -2.46. The summed E-state index contributed by atoms with van der Waals surface area (Å²) in [4.78, 5) is 10.9. The fourth-order valence-electron chi connectivity index (χ4n) is 2.66. The topological polar surface area (TPSA) is 59.2 Å². The molecule has 1 saturated heterocycles. The first-order chi connectivity index (χ1) is 9.83. The van der Waals surface area contributed by atoms with Crippen LogP contribution in [0.25, 0.3) is 5.65 Å². The molecular weight excluding hydrogens is 252 g/mol. The molecule has 3 aromatic heterocycles. The van der Waals surface area contributed by atoms with Crippen molar-refractivity contribution in [2.24, 2.45) is 0 Å². The molecule has 0 saturated carbocycles. The van der Waals surface area contributed by atoms with Gasteiger partial charge in [-0.15, -0.1) is 10.2 Å². The molecule has 0 amide bonds. The Morgan fingerprint density at radius 1 is 1.10 bits per heavy atom. The van der Waals surface area contributed by atoms with Crippen LogP contribution < -0.4 is 4.90 Å². The van der Waals surface area contributed by atoms with E-state index in [9.17, 15) is 0 Å². The number of aromatic nitrogens is 5. The van der Waals surface area contributed by atoms with Gasteiger partial charge >= 0.3 is 0 Å². The lowest BCUT2D eigenvalue weighted by molar-refractivity contribution is 0.491. The second-order valence-electron chi connectivity index (χ2n) is 5.05. The van der Waals surface area contributed by atoms with Crippen LogP contribution in [-0.4, -0.2) is 37.7 Å². The maximum atomic E-state index is 4.40. The number of fused-ring (bicyclic) bond motifs is 1. The average Bonchev–Trinajstić information content (AvgIpc) is 2.83. The molecule has 1 aliphatic heterocycles. The third-order valence-corrected chi connectivity index (χ3v) is 3.74. The van der Waals surface area contributed by atoms with Crippen LogP contribution in [0.3, 0.4) is 0 Å². The van der Waals surface area contributed by atoms with Crippen molar-refractivity contribution >= 4 is 11.5 Å². The number of anilines is 1. The molecule has 0 radical (unpaired) electrons. The minimum absolute atomic E-state index is 0.397. The van der Waals surface area contributed by atoms with E-state index in [1.54, 1.807) is 12.4 Å². The van der Waals surface area contributed by atoms with Crippen LogP contribution in [0.4, 0.5) is 5.82 Å². The molecule has 100 valence electrons. The molecule has 4 heterocycles.